The molecule has 4 atom stereocenters. The molecule has 3 nitrogen and oxygen atoms in total. The van der Waals surface area contributed by atoms with Gasteiger partial charge in [0.05, 0.1) is 0 Å². The average Bonchev–Trinajstić information content (AvgIpc) is 3.26. The molecular weight excluding hydrogens is 327 g/mol. The quantitative estimate of drug-likeness (QED) is 0.876. The van der Waals surface area contributed by atoms with E-state index in [1.807, 2.05) is 6.07 Å². The molecule has 0 aromatic heterocycles. The van der Waals surface area contributed by atoms with Gasteiger partial charge in [-0.05, 0) is 61.6 Å². The fourth-order valence-electron chi connectivity index (χ4n) is 4.76. The molecule has 0 spiro atoms. The Bertz CT molecular complexity index is 597. The van der Waals surface area contributed by atoms with E-state index in [0.717, 1.165) is 24.8 Å². The van der Waals surface area contributed by atoms with E-state index in [4.69, 9.17) is 5.73 Å². The molecule has 1 aromatic rings. The van der Waals surface area contributed by atoms with Crippen LogP contribution in [-0.2, 0) is 4.79 Å². The normalized spacial score (nSPS) is 37.2. The van der Waals surface area contributed by atoms with Gasteiger partial charge in [0.15, 0.2) is 0 Å². The maximum Gasteiger partial charge on any atom is 0.223 e. The van der Waals surface area contributed by atoms with Gasteiger partial charge in [-0.15, -0.1) is 12.4 Å². The Balaban J connectivity index is 0.00000169. The summed E-state index contributed by atoms with van der Waals surface area (Å²) in [4.78, 5) is 12.6. The number of nitrogens with one attached hydrogen (secondary N) is 1. The first kappa shape index (κ1) is 17.7. The number of carbonyl (C=O) groups excluding carboxylic acids is 1. The third-order valence-electron chi connectivity index (χ3n) is 6.18. The number of halogens is 2. The molecule has 0 radical (unpaired) electrons. The molecule has 1 aromatic carbocycles. The van der Waals surface area contributed by atoms with Crippen LogP contribution in [0.25, 0.3) is 0 Å². The van der Waals surface area contributed by atoms with Gasteiger partial charge in [-0.3, -0.25) is 4.79 Å². The van der Waals surface area contributed by atoms with Gasteiger partial charge >= 0.3 is 0 Å². The number of rotatable bonds is 3. The molecule has 2 bridgehead atoms. The minimum atomic E-state index is -0.200. The maximum absolute atomic E-state index is 13.3. The van der Waals surface area contributed by atoms with E-state index in [2.05, 4.69) is 5.32 Å². The van der Waals surface area contributed by atoms with Gasteiger partial charge in [-0.25, -0.2) is 4.39 Å². The molecule has 0 heterocycles. The molecule has 132 valence electrons. The number of hydrogen-bond acceptors (Lipinski definition) is 2. The smallest absolute Gasteiger partial charge is 0.223 e. The van der Waals surface area contributed by atoms with Crippen LogP contribution in [-0.4, -0.2) is 18.0 Å². The Kier molecular flexibility index (Phi) is 5.16. The summed E-state index contributed by atoms with van der Waals surface area (Å²) in [5.41, 5.74) is 7.30. The second-order valence-electron chi connectivity index (χ2n) is 7.71. The zero-order chi connectivity index (χ0) is 16.0. The number of hydrogen-bond donors (Lipinski definition) is 2. The SMILES string of the molecule is Cl.NC1C2CCCC1CC(C(=O)NC1CC1c1cccc(F)c1)C2. The summed E-state index contributed by atoms with van der Waals surface area (Å²) in [5.74, 6) is 1.44. The summed E-state index contributed by atoms with van der Waals surface area (Å²) in [6, 6.07) is 7.22. The molecule has 5 heteroatoms. The van der Waals surface area contributed by atoms with E-state index >= 15 is 0 Å². The first-order chi connectivity index (χ1) is 11.1. The highest BCUT2D eigenvalue weighted by Gasteiger charge is 2.44. The van der Waals surface area contributed by atoms with Crippen molar-refractivity contribution in [2.24, 2.45) is 23.5 Å². The van der Waals surface area contributed by atoms with E-state index in [9.17, 15) is 9.18 Å². The van der Waals surface area contributed by atoms with E-state index in [0.29, 0.717) is 17.9 Å². The van der Waals surface area contributed by atoms with Crippen LogP contribution >= 0.6 is 12.4 Å². The van der Waals surface area contributed by atoms with Crippen LogP contribution in [0.1, 0.15) is 50.0 Å². The van der Waals surface area contributed by atoms with Gasteiger partial charge in [-0.1, -0.05) is 18.6 Å². The highest BCUT2D eigenvalue weighted by molar-refractivity contribution is 5.85. The maximum atomic E-state index is 13.3. The number of benzene rings is 1. The standard InChI is InChI=1S/C19H25FN2O.ClH/c20-15-6-2-3-11(9-15)16-10-17(16)22-19(23)14-7-12-4-1-5-13(8-14)18(12)21;/h2-3,6,9,12-14,16-18H,1,4-5,7-8,10,21H2,(H,22,23);1H. The Hall–Kier alpha value is -1.13. The molecule has 4 unspecified atom stereocenters. The largest absolute Gasteiger partial charge is 0.352 e. The molecule has 3 N–H and O–H groups in total. The first-order valence-electron chi connectivity index (χ1n) is 8.93. The second-order valence-corrected chi connectivity index (χ2v) is 7.71. The van der Waals surface area contributed by atoms with Crippen LogP contribution in [0.15, 0.2) is 24.3 Å². The van der Waals surface area contributed by atoms with Crippen LogP contribution in [0.3, 0.4) is 0 Å². The Labute approximate surface area is 149 Å². The lowest BCUT2D eigenvalue weighted by Crippen LogP contribution is -2.49. The molecule has 3 saturated carbocycles. The number of carbonyl (C=O) groups is 1. The summed E-state index contributed by atoms with van der Waals surface area (Å²) in [6.45, 7) is 0. The number of amides is 1. The van der Waals surface area contributed by atoms with Gasteiger partial charge < -0.3 is 11.1 Å². The van der Waals surface area contributed by atoms with Crippen molar-refractivity contribution in [3.05, 3.63) is 35.6 Å². The van der Waals surface area contributed by atoms with Crippen molar-refractivity contribution >= 4 is 18.3 Å². The first-order valence-corrected chi connectivity index (χ1v) is 8.93. The Morgan fingerprint density at radius 3 is 2.54 bits per heavy atom. The van der Waals surface area contributed by atoms with Gasteiger partial charge in [0.1, 0.15) is 5.82 Å². The summed E-state index contributed by atoms with van der Waals surface area (Å²) >= 11 is 0. The van der Waals surface area contributed by atoms with Gasteiger partial charge in [-0.2, -0.15) is 0 Å². The predicted molar refractivity (Wildman–Crippen MR) is 94.5 cm³/mol. The van der Waals surface area contributed by atoms with Crippen LogP contribution in [0.2, 0.25) is 0 Å². The summed E-state index contributed by atoms with van der Waals surface area (Å²) in [7, 11) is 0. The molecule has 3 aliphatic rings. The summed E-state index contributed by atoms with van der Waals surface area (Å²) in [6.07, 6.45) is 6.44. The fourth-order valence-corrected chi connectivity index (χ4v) is 4.76. The number of fused-ring (bicyclic) bond motifs is 2. The van der Waals surface area contributed by atoms with E-state index in [1.54, 1.807) is 12.1 Å². The van der Waals surface area contributed by atoms with E-state index in [-0.39, 0.29) is 42.0 Å². The molecule has 0 saturated heterocycles. The van der Waals surface area contributed by atoms with Crippen LogP contribution in [0, 0.1) is 23.6 Å². The van der Waals surface area contributed by atoms with Crippen molar-refractivity contribution in [1.29, 1.82) is 0 Å². The van der Waals surface area contributed by atoms with Crippen molar-refractivity contribution in [2.45, 2.75) is 56.5 Å². The van der Waals surface area contributed by atoms with Gasteiger partial charge in [0.25, 0.3) is 0 Å². The minimum Gasteiger partial charge on any atom is -0.352 e. The zero-order valence-electron chi connectivity index (χ0n) is 13.8. The molecular formula is C19H26ClFN2O. The van der Waals surface area contributed by atoms with Crippen molar-refractivity contribution < 1.29 is 9.18 Å². The lowest BCUT2D eigenvalue weighted by molar-refractivity contribution is -0.128. The fraction of sp³-hybridized carbons (Fsp3) is 0.632. The summed E-state index contributed by atoms with van der Waals surface area (Å²) < 4.78 is 13.3. The summed E-state index contributed by atoms with van der Waals surface area (Å²) in [5, 5.41) is 3.19. The molecule has 3 aliphatic carbocycles. The van der Waals surface area contributed by atoms with Crippen molar-refractivity contribution in [2.75, 3.05) is 0 Å². The van der Waals surface area contributed by atoms with Crippen LogP contribution in [0.5, 0.6) is 0 Å². The van der Waals surface area contributed by atoms with Gasteiger partial charge in [0, 0.05) is 23.9 Å². The Morgan fingerprint density at radius 1 is 1.17 bits per heavy atom. The second kappa shape index (κ2) is 7.01. The molecule has 1 amide bonds. The van der Waals surface area contributed by atoms with Crippen molar-refractivity contribution in [3.63, 3.8) is 0 Å². The monoisotopic (exact) mass is 352 g/mol. The number of nitrogens with two attached hydrogens (primary N) is 1. The lowest BCUT2D eigenvalue weighted by Gasteiger charge is -2.43. The van der Waals surface area contributed by atoms with E-state index in [1.165, 1.54) is 25.3 Å². The third kappa shape index (κ3) is 3.45. The predicted octanol–water partition coefficient (Wildman–Crippen LogP) is 3.37. The zero-order valence-corrected chi connectivity index (χ0v) is 14.6. The average molecular weight is 353 g/mol. The Morgan fingerprint density at radius 2 is 1.88 bits per heavy atom. The lowest BCUT2D eigenvalue weighted by atomic mass is 9.65. The van der Waals surface area contributed by atoms with Crippen LogP contribution in [0.4, 0.5) is 4.39 Å². The topological polar surface area (TPSA) is 55.1 Å². The van der Waals surface area contributed by atoms with Crippen molar-refractivity contribution in [1.82, 2.24) is 5.32 Å². The highest BCUT2D eigenvalue weighted by Crippen LogP contribution is 2.44. The third-order valence-corrected chi connectivity index (χ3v) is 6.18. The van der Waals surface area contributed by atoms with Crippen LogP contribution < -0.4 is 11.1 Å². The highest BCUT2D eigenvalue weighted by atomic mass is 35.5. The molecule has 3 fully saturated rings. The van der Waals surface area contributed by atoms with Crippen molar-refractivity contribution in [3.8, 4) is 0 Å². The van der Waals surface area contributed by atoms with Gasteiger partial charge in [0.2, 0.25) is 5.91 Å². The minimum absolute atomic E-state index is 0. The molecule has 24 heavy (non-hydrogen) atoms. The molecule has 4 rings (SSSR count). The van der Waals surface area contributed by atoms with E-state index < -0.39 is 0 Å². The molecule has 0 aliphatic heterocycles.